The summed E-state index contributed by atoms with van der Waals surface area (Å²) in [7, 11) is 0. The summed E-state index contributed by atoms with van der Waals surface area (Å²) in [6.45, 7) is 8.36. The van der Waals surface area contributed by atoms with Crippen LogP contribution in [-0.2, 0) is 45.4 Å². The Morgan fingerprint density at radius 2 is 0.643 bits per heavy atom. The third kappa shape index (κ3) is 19.3. The molecule has 18 nitrogen and oxygen atoms in total. The van der Waals surface area contributed by atoms with Crippen molar-refractivity contribution < 1.29 is 19.2 Å². The predicted molar refractivity (Wildman–Crippen MR) is 211 cm³/mol. The van der Waals surface area contributed by atoms with E-state index in [-0.39, 0.29) is 23.6 Å². The Bertz CT molecular complexity index is 1370. The van der Waals surface area contributed by atoms with Crippen molar-refractivity contribution in [1.29, 1.82) is 0 Å². The number of nitrogens with one attached hydrogen (secondary N) is 4. The van der Waals surface area contributed by atoms with E-state index >= 15 is 0 Å². The summed E-state index contributed by atoms with van der Waals surface area (Å²) in [4.78, 5) is 71.7. The fourth-order valence-corrected chi connectivity index (χ4v) is 5.98. The smallest absolute Gasteiger partial charge is 0.221 e. The van der Waals surface area contributed by atoms with Crippen LogP contribution in [0.2, 0.25) is 0 Å². The minimum Gasteiger partial charge on any atom is -0.356 e. The summed E-state index contributed by atoms with van der Waals surface area (Å²) in [5.74, 6) is -0.182. The summed E-state index contributed by atoms with van der Waals surface area (Å²) in [6.07, 6.45) is 25.9. The van der Waals surface area contributed by atoms with Gasteiger partial charge < -0.3 is 49.3 Å². The van der Waals surface area contributed by atoms with E-state index in [9.17, 15) is 19.2 Å². The fourth-order valence-electron chi connectivity index (χ4n) is 5.98. The number of aromatic nitrogens is 8. The fraction of sp³-hybridized carbons (Fsp3) is 0.579. The number of imidazole rings is 4. The van der Waals surface area contributed by atoms with Crippen LogP contribution >= 0.6 is 0 Å². The number of carbonyl (C=O) groups is 4. The SMILES string of the molecule is O=C(CCN(CCC(=O)NCCCn1ccnc1)CCN(CCC(=O)NCCCn1ccnc1)CCC(=O)NCCCn1ccnc1)NCCCn1ccnc1. The highest BCUT2D eigenvalue weighted by Gasteiger charge is 2.16. The molecule has 0 saturated heterocycles. The van der Waals surface area contributed by atoms with Gasteiger partial charge in [-0.3, -0.25) is 19.2 Å². The van der Waals surface area contributed by atoms with E-state index in [4.69, 9.17) is 0 Å². The van der Waals surface area contributed by atoms with Gasteiger partial charge in [0.15, 0.2) is 0 Å². The summed E-state index contributed by atoms with van der Waals surface area (Å²) in [5, 5.41) is 12.0. The molecule has 0 spiro atoms. The second kappa shape index (κ2) is 26.4. The summed E-state index contributed by atoms with van der Waals surface area (Å²) in [6, 6.07) is 0. The van der Waals surface area contributed by atoms with Gasteiger partial charge in [0.1, 0.15) is 0 Å². The second-order valence-corrected chi connectivity index (χ2v) is 13.7. The van der Waals surface area contributed by atoms with Crippen molar-refractivity contribution in [3.63, 3.8) is 0 Å². The van der Waals surface area contributed by atoms with E-state index in [1.807, 2.05) is 43.1 Å². The molecule has 18 heteroatoms. The van der Waals surface area contributed by atoms with Crippen molar-refractivity contribution in [2.45, 2.75) is 77.5 Å². The summed E-state index contributed by atoms with van der Waals surface area (Å²) in [5.41, 5.74) is 0. The van der Waals surface area contributed by atoms with Crippen molar-refractivity contribution in [1.82, 2.24) is 69.3 Å². The zero-order chi connectivity index (χ0) is 39.5. The van der Waals surface area contributed by atoms with Gasteiger partial charge in [-0.05, 0) is 25.7 Å². The number of aryl methyl sites for hydroxylation is 4. The Morgan fingerprint density at radius 3 is 0.857 bits per heavy atom. The Morgan fingerprint density at radius 1 is 0.393 bits per heavy atom. The summed E-state index contributed by atoms with van der Waals surface area (Å²) >= 11 is 0. The highest BCUT2D eigenvalue weighted by Crippen LogP contribution is 2.02. The lowest BCUT2D eigenvalue weighted by molar-refractivity contribution is -0.123. The topological polar surface area (TPSA) is 194 Å². The first-order valence-corrected chi connectivity index (χ1v) is 19.8. The molecule has 56 heavy (non-hydrogen) atoms. The van der Waals surface area contributed by atoms with Crippen LogP contribution in [0.5, 0.6) is 0 Å². The molecule has 0 atom stereocenters. The van der Waals surface area contributed by atoms with Gasteiger partial charge in [-0.25, -0.2) is 19.9 Å². The number of rotatable bonds is 31. The van der Waals surface area contributed by atoms with Gasteiger partial charge in [-0.2, -0.15) is 0 Å². The van der Waals surface area contributed by atoms with Crippen LogP contribution in [0.25, 0.3) is 0 Å². The van der Waals surface area contributed by atoms with E-state index < -0.39 is 0 Å². The highest BCUT2D eigenvalue weighted by molar-refractivity contribution is 5.77. The Kier molecular flexibility index (Phi) is 20.5. The van der Waals surface area contributed by atoms with E-state index in [0.29, 0.717) is 91.1 Å². The highest BCUT2D eigenvalue weighted by atomic mass is 16.2. The van der Waals surface area contributed by atoms with E-state index in [1.54, 1.807) is 50.1 Å². The first-order valence-electron chi connectivity index (χ1n) is 19.8. The first-order chi connectivity index (χ1) is 27.4. The predicted octanol–water partition coefficient (Wildman–Crippen LogP) is 0.763. The zero-order valence-electron chi connectivity index (χ0n) is 32.6. The lowest BCUT2D eigenvalue weighted by Crippen LogP contribution is -2.41. The van der Waals surface area contributed by atoms with Gasteiger partial charge in [0, 0.05) is 167 Å². The molecule has 4 aromatic rings. The molecular weight excluding hydrogens is 717 g/mol. The van der Waals surface area contributed by atoms with E-state index in [2.05, 4.69) is 51.0 Å². The van der Waals surface area contributed by atoms with Crippen LogP contribution in [0.4, 0.5) is 0 Å². The van der Waals surface area contributed by atoms with Crippen LogP contribution in [-0.4, -0.2) is 137 Å². The average Bonchev–Trinajstić information content (AvgIpc) is 4.05. The minimum absolute atomic E-state index is 0.0455. The molecular formula is C38H60N14O4. The maximum Gasteiger partial charge on any atom is 0.221 e. The maximum atomic E-state index is 12.8. The molecule has 4 heterocycles. The zero-order valence-corrected chi connectivity index (χ0v) is 32.6. The molecule has 0 aromatic carbocycles. The van der Waals surface area contributed by atoms with Crippen LogP contribution in [0, 0.1) is 0 Å². The number of amides is 4. The van der Waals surface area contributed by atoms with Crippen molar-refractivity contribution in [2.75, 3.05) is 65.4 Å². The quantitative estimate of drug-likeness (QED) is 0.0531. The maximum absolute atomic E-state index is 12.8. The van der Waals surface area contributed by atoms with Crippen molar-refractivity contribution in [3.8, 4) is 0 Å². The van der Waals surface area contributed by atoms with Crippen LogP contribution in [0.15, 0.2) is 74.9 Å². The molecule has 4 rings (SSSR count). The summed E-state index contributed by atoms with van der Waals surface area (Å²) < 4.78 is 7.90. The van der Waals surface area contributed by atoms with Crippen molar-refractivity contribution in [2.24, 2.45) is 0 Å². The molecule has 0 bridgehead atoms. The third-order valence-electron chi connectivity index (χ3n) is 9.25. The number of hydrogen-bond acceptors (Lipinski definition) is 10. The van der Waals surface area contributed by atoms with Gasteiger partial charge in [-0.1, -0.05) is 0 Å². The lowest BCUT2D eigenvalue weighted by atomic mass is 10.2. The molecule has 0 radical (unpaired) electrons. The number of nitrogens with zero attached hydrogens (tertiary/aromatic N) is 10. The molecule has 4 aromatic heterocycles. The van der Waals surface area contributed by atoms with Gasteiger partial charge >= 0.3 is 0 Å². The second-order valence-electron chi connectivity index (χ2n) is 13.7. The Balaban J connectivity index is 1.25. The van der Waals surface area contributed by atoms with Crippen molar-refractivity contribution in [3.05, 3.63) is 74.9 Å². The molecule has 0 aliphatic heterocycles. The molecule has 0 unspecified atom stereocenters. The molecule has 306 valence electrons. The first kappa shape index (κ1) is 43.4. The van der Waals surface area contributed by atoms with E-state index in [0.717, 1.165) is 51.9 Å². The molecule has 0 fully saturated rings. The van der Waals surface area contributed by atoms with Gasteiger partial charge in [0.2, 0.25) is 23.6 Å². The monoisotopic (exact) mass is 776 g/mol. The van der Waals surface area contributed by atoms with E-state index in [1.165, 1.54) is 0 Å². The normalized spacial score (nSPS) is 11.2. The average molecular weight is 777 g/mol. The molecule has 0 aliphatic rings. The number of carbonyl (C=O) groups excluding carboxylic acids is 4. The standard InChI is InChI=1S/C38H60N14O4/c53-35(43-9-1-17-49-25-13-39-31-49)5-21-47(22-6-36(54)44-10-2-18-50-26-14-40-32-50)29-30-48(23-7-37(55)45-11-3-19-51-27-15-41-33-51)24-8-38(56)46-12-4-20-52-28-16-42-34-52/h13-16,25-28,31-34H,1-12,17-24,29-30H2,(H,43,53)(H,44,54)(H,45,55)(H,46,56). The number of hydrogen-bond donors (Lipinski definition) is 4. The largest absolute Gasteiger partial charge is 0.356 e. The van der Waals surface area contributed by atoms with Crippen molar-refractivity contribution >= 4 is 23.6 Å². The molecule has 4 N–H and O–H groups in total. The molecule has 0 saturated carbocycles. The molecule has 0 aliphatic carbocycles. The third-order valence-corrected chi connectivity index (χ3v) is 9.25. The molecule has 4 amide bonds. The Labute approximate surface area is 329 Å². The van der Waals surface area contributed by atoms with Gasteiger partial charge in [-0.15, -0.1) is 0 Å². The lowest BCUT2D eigenvalue weighted by Gasteiger charge is -2.27. The Hall–Kier alpha value is -5.36. The van der Waals surface area contributed by atoms with Gasteiger partial charge in [0.05, 0.1) is 25.3 Å². The van der Waals surface area contributed by atoms with Crippen LogP contribution in [0.1, 0.15) is 51.4 Å². The van der Waals surface area contributed by atoms with Crippen LogP contribution in [0.3, 0.4) is 0 Å². The van der Waals surface area contributed by atoms with Gasteiger partial charge in [0.25, 0.3) is 0 Å². The minimum atomic E-state index is -0.0455. The van der Waals surface area contributed by atoms with Crippen LogP contribution < -0.4 is 21.3 Å².